The van der Waals surface area contributed by atoms with Crippen molar-refractivity contribution in [3.05, 3.63) is 60.2 Å². The molecule has 24 heavy (non-hydrogen) atoms. The van der Waals surface area contributed by atoms with Crippen LogP contribution in [0, 0.1) is 17.8 Å². The van der Waals surface area contributed by atoms with E-state index >= 15 is 0 Å². The van der Waals surface area contributed by atoms with Crippen molar-refractivity contribution in [3.8, 4) is 11.1 Å². The van der Waals surface area contributed by atoms with E-state index in [0.717, 1.165) is 36.1 Å². The minimum absolute atomic E-state index is 0.0510. The number of rotatable bonds is 2. The molecule has 0 radical (unpaired) electrons. The molecule has 122 valence electrons. The Morgan fingerprint density at radius 2 is 1.62 bits per heavy atom. The van der Waals surface area contributed by atoms with Gasteiger partial charge in [-0.15, -0.1) is 0 Å². The van der Waals surface area contributed by atoms with Gasteiger partial charge < -0.3 is 10.0 Å². The molecule has 5 unspecified atom stereocenters. The summed E-state index contributed by atoms with van der Waals surface area (Å²) in [5, 5.41) is 10.5. The van der Waals surface area contributed by atoms with Gasteiger partial charge in [0.2, 0.25) is 0 Å². The third-order valence-corrected chi connectivity index (χ3v) is 6.35. The number of aliphatic hydroxyl groups is 1. The number of aliphatic hydroxyl groups excluding tert-OH is 1. The normalized spacial score (nSPS) is 33.2. The summed E-state index contributed by atoms with van der Waals surface area (Å²) in [6, 6.07) is 18.1. The number of carbonyl (C=O) groups is 1. The predicted molar refractivity (Wildman–Crippen MR) is 92.4 cm³/mol. The van der Waals surface area contributed by atoms with Crippen molar-refractivity contribution in [3.63, 3.8) is 0 Å². The molecule has 1 amide bonds. The van der Waals surface area contributed by atoms with E-state index in [1.165, 1.54) is 0 Å². The lowest BCUT2D eigenvalue weighted by atomic mass is 9.88. The minimum atomic E-state index is -0.318. The fraction of sp³-hybridized carbons (Fsp3) is 0.381. The highest BCUT2D eigenvalue weighted by Gasteiger charge is 2.59. The first-order chi connectivity index (χ1) is 11.7. The minimum Gasteiger partial charge on any atom is -0.391 e. The summed E-state index contributed by atoms with van der Waals surface area (Å²) in [6.07, 6.45) is 1.88. The first-order valence-electron chi connectivity index (χ1n) is 8.87. The molecule has 3 nitrogen and oxygen atoms in total. The van der Waals surface area contributed by atoms with Gasteiger partial charge in [-0.2, -0.15) is 0 Å². The summed E-state index contributed by atoms with van der Waals surface area (Å²) in [5.74, 6) is 1.63. The lowest BCUT2D eigenvalue weighted by Gasteiger charge is -2.29. The molecule has 0 aromatic heterocycles. The van der Waals surface area contributed by atoms with Crippen LogP contribution >= 0.6 is 0 Å². The quantitative estimate of drug-likeness (QED) is 0.923. The fourth-order valence-electron chi connectivity index (χ4n) is 5.25. The SMILES string of the molecule is O=C(c1ccc(-c2ccccc2)cc1)N1CC2CC3CC2C1C3O. The molecule has 2 aliphatic carbocycles. The Hall–Kier alpha value is -2.13. The third kappa shape index (κ3) is 1.97. The number of carbonyl (C=O) groups excluding carboxylic acids is 1. The number of benzene rings is 2. The van der Waals surface area contributed by atoms with Crippen LogP contribution in [0.4, 0.5) is 0 Å². The Morgan fingerprint density at radius 3 is 2.33 bits per heavy atom. The number of likely N-dealkylation sites (tertiary alicyclic amines) is 1. The molecule has 1 saturated heterocycles. The monoisotopic (exact) mass is 319 g/mol. The van der Waals surface area contributed by atoms with E-state index in [0.29, 0.717) is 17.8 Å². The van der Waals surface area contributed by atoms with E-state index in [2.05, 4.69) is 12.1 Å². The summed E-state index contributed by atoms with van der Waals surface area (Å²) < 4.78 is 0. The van der Waals surface area contributed by atoms with Crippen molar-refractivity contribution in [2.45, 2.75) is 25.0 Å². The molecular formula is C21H21NO2. The van der Waals surface area contributed by atoms with E-state index in [9.17, 15) is 9.90 Å². The van der Waals surface area contributed by atoms with Gasteiger partial charge in [0.1, 0.15) is 0 Å². The van der Waals surface area contributed by atoms with E-state index in [-0.39, 0.29) is 18.1 Å². The zero-order chi connectivity index (χ0) is 16.3. The topological polar surface area (TPSA) is 40.5 Å². The van der Waals surface area contributed by atoms with E-state index < -0.39 is 0 Å². The lowest BCUT2D eigenvalue weighted by molar-refractivity contribution is 0.0402. The van der Waals surface area contributed by atoms with Gasteiger partial charge in [0.05, 0.1) is 12.1 Å². The van der Waals surface area contributed by atoms with Crippen LogP contribution in [0.25, 0.3) is 11.1 Å². The Bertz CT molecular complexity index is 768. The Balaban J connectivity index is 1.40. The second-order valence-electron chi connectivity index (χ2n) is 7.54. The van der Waals surface area contributed by atoms with Gasteiger partial charge in [0, 0.05) is 12.1 Å². The van der Waals surface area contributed by atoms with Crippen LogP contribution < -0.4 is 0 Å². The highest BCUT2D eigenvalue weighted by Crippen LogP contribution is 2.55. The van der Waals surface area contributed by atoms with E-state index in [1.54, 1.807) is 0 Å². The third-order valence-electron chi connectivity index (χ3n) is 6.35. The Kier molecular flexibility index (Phi) is 3.07. The molecule has 1 heterocycles. The van der Waals surface area contributed by atoms with Crippen LogP contribution in [0.1, 0.15) is 23.2 Å². The van der Waals surface area contributed by atoms with Crippen LogP contribution in [0.15, 0.2) is 54.6 Å². The summed E-state index contributed by atoms with van der Waals surface area (Å²) >= 11 is 0. The lowest BCUT2D eigenvalue weighted by Crippen LogP contribution is -2.43. The van der Waals surface area contributed by atoms with Crippen LogP contribution in [0.5, 0.6) is 0 Å². The molecule has 1 aliphatic heterocycles. The maximum Gasteiger partial charge on any atom is 0.254 e. The van der Waals surface area contributed by atoms with Gasteiger partial charge in [-0.05, 0) is 53.9 Å². The number of hydrogen-bond donors (Lipinski definition) is 1. The van der Waals surface area contributed by atoms with Crippen LogP contribution in [0.3, 0.4) is 0 Å². The van der Waals surface area contributed by atoms with Gasteiger partial charge in [0.15, 0.2) is 0 Å². The zero-order valence-electron chi connectivity index (χ0n) is 13.5. The second kappa shape index (κ2) is 5.18. The highest BCUT2D eigenvalue weighted by atomic mass is 16.3. The maximum absolute atomic E-state index is 13.0. The first-order valence-corrected chi connectivity index (χ1v) is 8.87. The maximum atomic E-state index is 13.0. The molecular weight excluding hydrogens is 298 g/mol. The molecule has 2 bridgehead atoms. The van der Waals surface area contributed by atoms with Crippen LogP contribution in [0.2, 0.25) is 0 Å². The molecule has 3 fully saturated rings. The molecule has 3 heteroatoms. The standard InChI is InChI=1S/C21H21NO2/c23-20-16-10-17-12-22(19(20)18(17)11-16)21(24)15-8-6-14(7-9-15)13-4-2-1-3-5-13/h1-9,16-20,23H,10-12H2. The van der Waals surface area contributed by atoms with Crippen LogP contribution in [-0.2, 0) is 0 Å². The van der Waals surface area contributed by atoms with Crippen molar-refractivity contribution in [1.29, 1.82) is 0 Å². The summed E-state index contributed by atoms with van der Waals surface area (Å²) in [6.45, 7) is 0.822. The molecule has 0 spiro atoms. The molecule has 3 aliphatic rings. The number of fused-ring (bicyclic) bond motifs is 1. The Labute approximate surface area is 141 Å². The average Bonchev–Trinajstić information content (AvgIpc) is 3.25. The van der Waals surface area contributed by atoms with Crippen molar-refractivity contribution in [2.24, 2.45) is 17.8 Å². The van der Waals surface area contributed by atoms with Crippen molar-refractivity contribution < 1.29 is 9.90 Å². The summed E-state index contributed by atoms with van der Waals surface area (Å²) in [5.41, 5.74) is 3.01. The number of amides is 1. The molecule has 2 aromatic carbocycles. The molecule has 5 atom stereocenters. The van der Waals surface area contributed by atoms with Crippen molar-refractivity contribution in [2.75, 3.05) is 6.54 Å². The predicted octanol–water partition coefficient (Wildman–Crippen LogP) is 3.19. The smallest absolute Gasteiger partial charge is 0.254 e. The molecule has 5 rings (SSSR count). The van der Waals surface area contributed by atoms with Gasteiger partial charge in [-0.1, -0.05) is 42.5 Å². The fourth-order valence-corrected chi connectivity index (χ4v) is 5.25. The number of nitrogens with zero attached hydrogens (tertiary/aromatic N) is 1. The highest BCUT2D eigenvalue weighted by molar-refractivity contribution is 5.95. The first kappa shape index (κ1) is 14.2. The molecule has 1 N–H and O–H groups in total. The number of hydrogen-bond acceptors (Lipinski definition) is 2. The molecule has 2 saturated carbocycles. The van der Waals surface area contributed by atoms with E-state index in [1.807, 2.05) is 47.4 Å². The van der Waals surface area contributed by atoms with Crippen molar-refractivity contribution in [1.82, 2.24) is 4.90 Å². The second-order valence-corrected chi connectivity index (χ2v) is 7.54. The van der Waals surface area contributed by atoms with Gasteiger partial charge in [0.25, 0.3) is 5.91 Å². The Morgan fingerprint density at radius 1 is 0.917 bits per heavy atom. The largest absolute Gasteiger partial charge is 0.391 e. The zero-order valence-corrected chi connectivity index (χ0v) is 13.5. The van der Waals surface area contributed by atoms with Gasteiger partial charge >= 0.3 is 0 Å². The van der Waals surface area contributed by atoms with Gasteiger partial charge in [-0.25, -0.2) is 0 Å². The van der Waals surface area contributed by atoms with E-state index in [4.69, 9.17) is 0 Å². The average molecular weight is 319 g/mol. The summed E-state index contributed by atoms with van der Waals surface area (Å²) in [7, 11) is 0. The van der Waals surface area contributed by atoms with Gasteiger partial charge in [-0.3, -0.25) is 4.79 Å². The summed E-state index contributed by atoms with van der Waals surface area (Å²) in [4.78, 5) is 14.9. The van der Waals surface area contributed by atoms with Crippen LogP contribution in [-0.4, -0.2) is 34.6 Å². The van der Waals surface area contributed by atoms with Crippen molar-refractivity contribution >= 4 is 5.91 Å². The molecule has 2 aromatic rings.